The highest BCUT2D eigenvalue weighted by Gasteiger charge is 2.17. The molecule has 7 heteroatoms. The van der Waals surface area contributed by atoms with Gasteiger partial charge in [0.1, 0.15) is 5.75 Å². The SMILES string of the molecule is CCCn1c(C)cc(C(=O)CSc2nnc(COc3cc(C)ccc3C)o2)c1C. The first kappa shape index (κ1) is 21.2. The Balaban J connectivity index is 1.57. The molecule has 3 rings (SSSR count). The van der Waals surface area contributed by atoms with Crippen molar-refractivity contribution in [1.29, 1.82) is 0 Å². The Bertz CT molecular complexity index is 1010. The lowest BCUT2D eigenvalue weighted by Crippen LogP contribution is -2.06. The van der Waals surface area contributed by atoms with Crippen molar-refractivity contribution in [3.63, 3.8) is 0 Å². The van der Waals surface area contributed by atoms with Crippen LogP contribution in [0.3, 0.4) is 0 Å². The summed E-state index contributed by atoms with van der Waals surface area (Å²) in [4.78, 5) is 12.6. The van der Waals surface area contributed by atoms with Crippen molar-refractivity contribution < 1.29 is 13.9 Å². The lowest BCUT2D eigenvalue weighted by Gasteiger charge is -2.07. The molecule has 0 aliphatic carbocycles. The lowest BCUT2D eigenvalue weighted by molar-refractivity contribution is 0.102. The van der Waals surface area contributed by atoms with Crippen LogP contribution in [0.1, 0.15) is 52.1 Å². The summed E-state index contributed by atoms with van der Waals surface area (Å²) in [6, 6.07) is 8.00. The van der Waals surface area contributed by atoms with Crippen LogP contribution >= 0.6 is 11.8 Å². The molecule has 0 bridgehead atoms. The Labute approximate surface area is 175 Å². The summed E-state index contributed by atoms with van der Waals surface area (Å²) in [6.45, 7) is 11.3. The average molecular weight is 414 g/mol. The maximum Gasteiger partial charge on any atom is 0.277 e. The van der Waals surface area contributed by atoms with Crippen LogP contribution in [-0.2, 0) is 13.2 Å². The number of aromatic nitrogens is 3. The zero-order valence-electron chi connectivity index (χ0n) is 17.6. The summed E-state index contributed by atoms with van der Waals surface area (Å²) in [7, 11) is 0. The van der Waals surface area contributed by atoms with Crippen LogP contribution in [0.5, 0.6) is 5.75 Å². The normalized spacial score (nSPS) is 11.1. The largest absolute Gasteiger partial charge is 0.484 e. The Hall–Kier alpha value is -2.54. The summed E-state index contributed by atoms with van der Waals surface area (Å²) in [6.07, 6.45) is 1.04. The van der Waals surface area contributed by atoms with Crippen LogP contribution in [-0.4, -0.2) is 26.3 Å². The van der Waals surface area contributed by atoms with Crippen LogP contribution in [0.4, 0.5) is 0 Å². The molecular weight excluding hydrogens is 386 g/mol. The zero-order valence-corrected chi connectivity index (χ0v) is 18.4. The van der Waals surface area contributed by atoms with E-state index in [0.717, 1.165) is 46.8 Å². The number of carbonyl (C=O) groups is 1. The Kier molecular flexibility index (Phi) is 6.79. The third-order valence-electron chi connectivity index (χ3n) is 4.79. The first-order valence-electron chi connectivity index (χ1n) is 9.74. The molecule has 0 atom stereocenters. The maximum absolute atomic E-state index is 12.6. The number of ether oxygens (including phenoxy) is 1. The minimum Gasteiger partial charge on any atom is -0.484 e. The van der Waals surface area contributed by atoms with Crippen LogP contribution in [0, 0.1) is 27.7 Å². The van der Waals surface area contributed by atoms with E-state index in [1.165, 1.54) is 11.8 Å². The third-order valence-corrected chi connectivity index (χ3v) is 5.61. The van der Waals surface area contributed by atoms with E-state index in [2.05, 4.69) is 21.7 Å². The van der Waals surface area contributed by atoms with Gasteiger partial charge in [0.2, 0.25) is 0 Å². The molecule has 2 aromatic heterocycles. The van der Waals surface area contributed by atoms with E-state index < -0.39 is 0 Å². The van der Waals surface area contributed by atoms with E-state index in [1.54, 1.807) is 0 Å². The van der Waals surface area contributed by atoms with Crippen LogP contribution in [0.25, 0.3) is 0 Å². The van der Waals surface area contributed by atoms with Crippen molar-refractivity contribution in [2.24, 2.45) is 0 Å². The number of nitrogens with zero attached hydrogens (tertiary/aromatic N) is 3. The smallest absolute Gasteiger partial charge is 0.277 e. The fourth-order valence-electron chi connectivity index (χ4n) is 3.21. The predicted molar refractivity (Wildman–Crippen MR) is 114 cm³/mol. The zero-order chi connectivity index (χ0) is 21.0. The van der Waals surface area contributed by atoms with Crippen molar-refractivity contribution in [2.75, 3.05) is 5.75 Å². The quantitative estimate of drug-likeness (QED) is 0.360. The molecular formula is C22H27N3O3S. The third kappa shape index (κ3) is 5.09. The highest BCUT2D eigenvalue weighted by Crippen LogP contribution is 2.23. The summed E-state index contributed by atoms with van der Waals surface area (Å²) in [5.74, 6) is 1.52. The van der Waals surface area contributed by atoms with Gasteiger partial charge in [0, 0.05) is 23.5 Å². The van der Waals surface area contributed by atoms with Gasteiger partial charge in [-0.2, -0.15) is 0 Å². The second kappa shape index (κ2) is 9.31. The summed E-state index contributed by atoms with van der Waals surface area (Å²) < 4.78 is 13.6. The molecule has 0 radical (unpaired) electrons. The molecule has 0 unspecified atom stereocenters. The molecule has 2 heterocycles. The number of thioether (sulfide) groups is 1. The Morgan fingerprint density at radius 3 is 2.72 bits per heavy atom. The first-order valence-corrected chi connectivity index (χ1v) is 10.7. The van der Waals surface area contributed by atoms with Gasteiger partial charge in [0.15, 0.2) is 12.4 Å². The molecule has 1 aromatic carbocycles. The Morgan fingerprint density at radius 1 is 1.17 bits per heavy atom. The molecule has 0 saturated carbocycles. The number of benzene rings is 1. The van der Waals surface area contributed by atoms with E-state index in [1.807, 2.05) is 52.0 Å². The number of ketones is 1. The molecule has 0 aliphatic heterocycles. The van der Waals surface area contributed by atoms with Crippen molar-refractivity contribution >= 4 is 17.5 Å². The summed E-state index contributed by atoms with van der Waals surface area (Å²) in [5.41, 5.74) is 5.08. The minimum absolute atomic E-state index is 0.0665. The molecule has 0 amide bonds. The maximum atomic E-state index is 12.6. The van der Waals surface area contributed by atoms with Gasteiger partial charge in [0.05, 0.1) is 5.75 Å². The monoisotopic (exact) mass is 413 g/mol. The highest BCUT2D eigenvalue weighted by molar-refractivity contribution is 7.99. The van der Waals surface area contributed by atoms with Gasteiger partial charge in [-0.1, -0.05) is 30.8 Å². The van der Waals surface area contributed by atoms with Gasteiger partial charge < -0.3 is 13.7 Å². The molecule has 0 spiro atoms. The fourth-order valence-corrected chi connectivity index (χ4v) is 3.88. The lowest BCUT2D eigenvalue weighted by atomic mass is 10.1. The van der Waals surface area contributed by atoms with Gasteiger partial charge in [0.25, 0.3) is 11.1 Å². The molecule has 29 heavy (non-hydrogen) atoms. The summed E-state index contributed by atoms with van der Waals surface area (Å²) in [5, 5.41) is 8.41. The number of hydrogen-bond donors (Lipinski definition) is 0. The van der Waals surface area contributed by atoms with Gasteiger partial charge >= 0.3 is 0 Å². The molecule has 0 fully saturated rings. The molecule has 0 aliphatic rings. The van der Waals surface area contributed by atoms with E-state index in [4.69, 9.17) is 9.15 Å². The molecule has 0 saturated heterocycles. The predicted octanol–water partition coefficient (Wildman–Crippen LogP) is 5.07. The molecule has 154 valence electrons. The van der Waals surface area contributed by atoms with E-state index in [0.29, 0.717) is 11.1 Å². The van der Waals surface area contributed by atoms with Gasteiger partial charge in [-0.15, -0.1) is 10.2 Å². The number of aryl methyl sites for hydroxylation is 3. The Morgan fingerprint density at radius 2 is 1.97 bits per heavy atom. The second-order valence-electron chi connectivity index (χ2n) is 7.17. The van der Waals surface area contributed by atoms with Crippen LogP contribution < -0.4 is 4.74 Å². The first-order chi connectivity index (χ1) is 13.9. The fraction of sp³-hybridized carbons (Fsp3) is 0.409. The number of carbonyl (C=O) groups excluding carboxylic acids is 1. The van der Waals surface area contributed by atoms with E-state index in [-0.39, 0.29) is 18.1 Å². The van der Waals surface area contributed by atoms with Crippen molar-refractivity contribution in [3.05, 3.63) is 58.2 Å². The van der Waals surface area contributed by atoms with Crippen LogP contribution in [0.2, 0.25) is 0 Å². The van der Waals surface area contributed by atoms with Gasteiger partial charge in [-0.3, -0.25) is 4.79 Å². The number of hydrogen-bond acceptors (Lipinski definition) is 6. The number of rotatable bonds is 9. The molecule has 3 aromatic rings. The van der Waals surface area contributed by atoms with Crippen LogP contribution in [0.15, 0.2) is 33.9 Å². The topological polar surface area (TPSA) is 70.2 Å². The minimum atomic E-state index is 0.0665. The molecule has 6 nitrogen and oxygen atoms in total. The van der Waals surface area contributed by atoms with Crippen molar-refractivity contribution in [2.45, 2.75) is 59.4 Å². The number of Topliss-reactive ketones (excluding diaryl/α,β-unsaturated/α-hetero) is 1. The highest BCUT2D eigenvalue weighted by atomic mass is 32.2. The van der Waals surface area contributed by atoms with Gasteiger partial charge in [-0.25, -0.2) is 0 Å². The van der Waals surface area contributed by atoms with Crippen molar-refractivity contribution in [1.82, 2.24) is 14.8 Å². The molecule has 0 N–H and O–H groups in total. The van der Waals surface area contributed by atoms with E-state index >= 15 is 0 Å². The summed E-state index contributed by atoms with van der Waals surface area (Å²) >= 11 is 1.25. The standard InChI is InChI=1S/C22H27N3O3S/c1-6-9-25-16(4)11-18(17(25)5)19(26)13-29-22-24-23-21(28-22)12-27-20-10-14(2)7-8-15(20)3/h7-8,10-11H,6,9,12-13H2,1-5H3. The van der Waals surface area contributed by atoms with Gasteiger partial charge in [-0.05, 0) is 57.4 Å². The average Bonchev–Trinajstić information content (AvgIpc) is 3.26. The van der Waals surface area contributed by atoms with Crippen molar-refractivity contribution in [3.8, 4) is 5.75 Å². The van der Waals surface area contributed by atoms with E-state index in [9.17, 15) is 4.79 Å². The second-order valence-corrected chi connectivity index (χ2v) is 8.09.